The third-order valence-electron chi connectivity index (χ3n) is 5.24. The number of hydrogen-bond acceptors (Lipinski definition) is 2. The SMILES string of the molecule is CCCCC1CCN(C(=O)Cc2sc3ccc(Cl)cc3c2C)CC1. The lowest BCUT2D eigenvalue weighted by Gasteiger charge is -2.32. The van der Waals surface area contributed by atoms with Gasteiger partial charge >= 0.3 is 0 Å². The van der Waals surface area contributed by atoms with E-state index in [1.165, 1.54) is 52.6 Å². The summed E-state index contributed by atoms with van der Waals surface area (Å²) >= 11 is 7.84. The molecule has 1 aliphatic heterocycles. The summed E-state index contributed by atoms with van der Waals surface area (Å²) in [4.78, 5) is 15.9. The van der Waals surface area contributed by atoms with Gasteiger partial charge in [0.05, 0.1) is 6.42 Å². The first-order valence-electron chi connectivity index (χ1n) is 9.03. The maximum absolute atomic E-state index is 12.7. The summed E-state index contributed by atoms with van der Waals surface area (Å²) in [7, 11) is 0. The quantitative estimate of drug-likeness (QED) is 0.654. The molecule has 24 heavy (non-hydrogen) atoms. The first kappa shape index (κ1) is 17.8. The number of likely N-dealkylation sites (tertiary alicyclic amines) is 1. The van der Waals surface area contributed by atoms with Gasteiger partial charge in [0, 0.05) is 27.7 Å². The number of carbonyl (C=O) groups is 1. The van der Waals surface area contributed by atoms with E-state index in [0.29, 0.717) is 6.42 Å². The van der Waals surface area contributed by atoms with E-state index in [-0.39, 0.29) is 5.91 Å². The molecule has 0 spiro atoms. The molecule has 0 aliphatic carbocycles. The molecule has 0 N–H and O–H groups in total. The second kappa shape index (κ2) is 7.88. The topological polar surface area (TPSA) is 20.3 Å². The largest absolute Gasteiger partial charge is 0.342 e. The Hall–Kier alpha value is -1.06. The van der Waals surface area contributed by atoms with E-state index in [1.807, 2.05) is 12.1 Å². The molecule has 2 nitrogen and oxygen atoms in total. The maximum Gasteiger partial charge on any atom is 0.227 e. The molecule has 4 heteroatoms. The van der Waals surface area contributed by atoms with E-state index in [9.17, 15) is 4.79 Å². The zero-order valence-corrected chi connectivity index (χ0v) is 16.2. The number of amides is 1. The van der Waals surface area contributed by atoms with Crippen molar-refractivity contribution >= 4 is 38.9 Å². The van der Waals surface area contributed by atoms with Crippen molar-refractivity contribution in [3.8, 4) is 0 Å². The van der Waals surface area contributed by atoms with Crippen LogP contribution in [0.5, 0.6) is 0 Å². The molecule has 1 fully saturated rings. The third-order valence-corrected chi connectivity index (χ3v) is 6.75. The van der Waals surface area contributed by atoms with Crippen molar-refractivity contribution in [2.24, 2.45) is 5.92 Å². The summed E-state index contributed by atoms with van der Waals surface area (Å²) in [5.74, 6) is 1.10. The lowest BCUT2D eigenvalue weighted by Crippen LogP contribution is -2.39. The molecule has 0 unspecified atom stereocenters. The number of aryl methyl sites for hydroxylation is 1. The van der Waals surface area contributed by atoms with Gasteiger partial charge < -0.3 is 4.90 Å². The number of hydrogen-bond donors (Lipinski definition) is 0. The Bertz CT molecular complexity index is 716. The number of carbonyl (C=O) groups excluding carboxylic acids is 1. The molecule has 3 rings (SSSR count). The molecule has 0 bridgehead atoms. The monoisotopic (exact) mass is 363 g/mol. The molecule has 2 aromatic rings. The Kier molecular flexibility index (Phi) is 5.83. The Balaban J connectivity index is 1.62. The lowest BCUT2D eigenvalue weighted by molar-refractivity contribution is -0.131. The number of piperidine rings is 1. The Morgan fingerprint density at radius 1 is 1.33 bits per heavy atom. The van der Waals surface area contributed by atoms with Crippen LogP contribution in [0.2, 0.25) is 5.02 Å². The van der Waals surface area contributed by atoms with Crippen LogP contribution < -0.4 is 0 Å². The van der Waals surface area contributed by atoms with E-state index in [1.54, 1.807) is 11.3 Å². The minimum absolute atomic E-state index is 0.282. The van der Waals surface area contributed by atoms with Gasteiger partial charge in [-0.05, 0) is 54.8 Å². The number of rotatable bonds is 5. The van der Waals surface area contributed by atoms with Crippen LogP contribution in [-0.2, 0) is 11.2 Å². The van der Waals surface area contributed by atoms with Gasteiger partial charge in [0.15, 0.2) is 0 Å². The number of fused-ring (bicyclic) bond motifs is 1. The fraction of sp³-hybridized carbons (Fsp3) is 0.550. The molecule has 1 saturated heterocycles. The highest BCUT2D eigenvalue weighted by Crippen LogP contribution is 2.33. The fourth-order valence-corrected chi connectivity index (χ4v) is 4.98. The van der Waals surface area contributed by atoms with E-state index < -0.39 is 0 Å². The van der Waals surface area contributed by atoms with Crippen LogP contribution in [0.3, 0.4) is 0 Å². The van der Waals surface area contributed by atoms with Gasteiger partial charge in [-0.1, -0.05) is 37.8 Å². The van der Waals surface area contributed by atoms with Crippen LogP contribution in [0.4, 0.5) is 0 Å². The van der Waals surface area contributed by atoms with Crippen molar-refractivity contribution in [1.29, 1.82) is 0 Å². The number of unbranched alkanes of at least 4 members (excludes halogenated alkanes) is 1. The van der Waals surface area contributed by atoms with E-state index in [0.717, 1.165) is 24.0 Å². The molecule has 1 aromatic heterocycles. The second-order valence-corrected chi connectivity index (χ2v) is 8.51. The minimum Gasteiger partial charge on any atom is -0.342 e. The lowest BCUT2D eigenvalue weighted by atomic mass is 9.91. The van der Waals surface area contributed by atoms with Gasteiger partial charge in [0.1, 0.15) is 0 Å². The van der Waals surface area contributed by atoms with E-state index >= 15 is 0 Å². The maximum atomic E-state index is 12.7. The summed E-state index contributed by atoms with van der Waals surface area (Å²) in [6.45, 7) is 6.22. The van der Waals surface area contributed by atoms with Crippen LogP contribution >= 0.6 is 22.9 Å². The predicted octanol–water partition coefficient (Wildman–Crippen LogP) is 5.83. The molecule has 0 radical (unpaired) electrons. The first-order valence-corrected chi connectivity index (χ1v) is 10.2. The average Bonchev–Trinajstić information content (AvgIpc) is 2.89. The first-order chi connectivity index (χ1) is 11.6. The summed E-state index contributed by atoms with van der Waals surface area (Å²) in [5, 5.41) is 1.95. The summed E-state index contributed by atoms with van der Waals surface area (Å²) in [6, 6.07) is 5.99. The highest BCUT2D eigenvalue weighted by Gasteiger charge is 2.23. The number of thiophene rings is 1. The average molecular weight is 364 g/mol. The highest BCUT2D eigenvalue weighted by molar-refractivity contribution is 7.19. The van der Waals surface area contributed by atoms with Crippen LogP contribution in [0.15, 0.2) is 18.2 Å². The van der Waals surface area contributed by atoms with Crippen molar-refractivity contribution in [3.05, 3.63) is 33.7 Å². The summed E-state index contributed by atoms with van der Waals surface area (Å²) < 4.78 is 1.22. The number of halogens is 1. The Morgan fingerprint density at radius 3 is 2.79 bits per heavy atom. The van der Waals surface area contributed by atoms with Crippen LogP contribution in [0, 0.1) is 12.8 Å². The van der Waals surface area contributed by atoms with Gasteiger partial charge in [-0.2, -0.15) is 0 Å². The van der Waals surface area contributed by atoms with Crippen molar-refractivity contribution in [2.75, 3.05) is 13.1 Å². The van der Waals surface area contributed by atoms with Crippen molar-refractivity contribution in [3.63, 3.8) is 0 Å². The van der Waals surface area contributed by atoms with Crippen LogP contribution in [0.25, 0.3) is 10.1 Å². The van der Waals surface area contributed by atoms with Gasteiger partial charge in [-0.25, -0.2) is 0 Å². The molecule has 0 atom stereocenters. The zero-order chi connectivity index (χ0) is 17.1. The van der Waals surface area contributed by atoms with Crippen molar-refractivity contribution in [1.82, 2.24) is 4.90 Å². The van der Waals surface area contributed by atoms with Crippen molar-refractivity contribution in [2.45, 2.75) is 52.4 Å². The molecule has 1 amide bonds. The second-order valence-electron chi connectivity index (χ2n) is 6.93. The molecular weight excluding hydrogens is 338 g/mol. The van der Waals surface area contributed by atoms with Gasteiger partial charge in [-0.3, -0.25) is 4.79 Å². The van der Waals surface area contributed by atoms with Crippen LogP contribution in [-0.4, -0.2) is 23.9 Å². The zero-order valence-electron chi connectivity index (χ0n) is 14.6. The molecule has 130 valence electrons. The van der Waals surface area contributed by atoms with Crippen molar-refractivity contribution < 1.29 is 4.79 Å². The summed E-state index contributed by atoms with van der Waals surface area (Å²) in [5.41, 5.74) is 1.21. The normalized spacial score (nSPS) is 16.0. The fourth-order valence-electron chi connectivity index (χ4n) is 3.63. The molecule has 1 aromatic carbocycles. The third kappa shape index (κ3) is 3.94. The Labute approximate surface area is 153 Å². The number of benzene rings is 1. The van der Waals surface area contributed by atoms with Crippen LogP contribution in [0.1, 0.15) is 49.5 Å². The van der Waals surface area contributed by atoms with E-state index in [2.05, 4.69) is 24.8 Å². The van der Waals surface area contributed by atoms with Gasteiger partial charge in [0.25, 0.3) is 0 Å². The predicted molar refractivity (Wildman–Crippen MR) is 104 cm³/mol. The summed E-state index contributed by atoms with van der Waals surface area (Å²) in [6.07, 6.45) is 6.80. The molecule has 1 aliphatic rings. The smallest absolute Gasteiger partial charge is 0.227 e. The Morgan fingerprint density at radius 2 is 2.08 bits per heavy atom. The van der Waals surface area contributed by atoms with E-state index in [4.69, 9.17) is 11.6 Å². The number of nitrogens with zero attached hydrogens (tertiary/aromatic N) is 1. The minimum atomic E-state index is 0.282. The molecule has 2 heterocycles. The molecule has 0 saturated carbocycles. The van der Waals surface area contributed by atoms with Gasteiger partial charge in [0.2, 0.25) is 5.91 Å². The highest BCUT2D eigenvalue weighted by atomic mass is 35.5. The molecular formula is C20H26ClNOS. The standard InChI is InChI=1S/C20H26ClNOS/c1-3-4-5-15-8-10-22(11-9-15)20(23)13-19-14(2)17-12-16(21)6-7-18(17)24-19/h6-7,12,15H,3-5,8-11,13H2,1-2H3. The van der Waals surface area contributed by atoms with Gasteiger partial charge in [-0.15, -0.1) is 11.3 Å².